The summed E-state index contributed by atoms with van der Waals surface area (Å²) in [6.07, 6.45) is 3.53. The van der Waals surface area contributed by atoms with Gasteiger partial charge in [-0.3, -0.25) is 0 Å². The molecule has 7 heteroatoms. The summed E-state index contributed by atoms with van der Waals surface area (Å²) in [7, 11) is 4.26. The Morgan fingerprint density at radius 2 is 2.08 bits per heavy atom. The number of fused-ring (bicyclic) bond motifs is 1. The Hall–Kier alpha value is -1.27. The molecule has 3 rings (SSSR count). The predicted octanol–water partition coefficient (Wildman–Crippen LogP) is 4.33. The molecule has 0 atom stereocenters. The standard InChI is InChI=1S/C19H26N4S.2ClH/c1-22(2)10-5-12-23-11-3-6-15-14-16(8-9-17(15)23)21-19(20)18-7-4-13-24-18;;/h4,7-9,13-14H,3,5-6,10-12H2,1-2H3,(H2,20,21);2*1H. The van der Waals surface area contributed by atoms with Gasteiger partial charge < -0.3 is 15.5 Å². The van der Waals surface area contributed by atoms with E-state index in [0.717, 1.165) is 36.6 Å². The van der Waals surface area contributed by atoms with Crippen molar-refractivity contribution in [3.63, 3.8) is 0 Å². The maximum absolute atomic E-state index is 6.11. The molecule has 0 unspecified atom stereocenters. The topological polar surface area (TPSA) is 44.9 Å². The predicted molar refractivity (Wildman–Crippen MR) is 119 cm³/mol. The second-order valence-corrected chi connectivity index (χ2v) is 7.48. The van der Waals surface area contributed by atoms with Crippen LogP contribution in [-0.2, 0) is 6.42 Å². The largest absolute Gasteiger partial charge is 0.383 e. The Morgan fingerprint density at radius 3 is 2.77 bits per heavy atom. The number of nitrogens with zero attached hydrogens (tertiary/aromatic N) is 3. The van der Waals surface area contributed by atoms with Crippen LogP contribution in [0.1, 0.15) is 23.3 Å². The van der Waals surface area contributed by atoms with E-state index >= 15 is 0 Å². The number of halogens is 2. The highest BCUT2D eigenvalue weighted by Crippen LogP contribution is 2.31. The highest BCUT2D eigenvalue weighted by Gasteiger charge is 2.17. The molecule has 1 aromatic carbocycles. The number of anilines is 1. The van der Waals surface area contributed by atoms with Gasteiger partial charge in [-0.1, -0.05) is 6.07 Å². The molecule has 2 N–H and O–H groups in total. The van der Waals surface area contributed by atoms with Gasteiger partial charge in [0.2, 0.25) is 0 Å². The number of hydrogen-bond acceptors (Lipinski definition) is 4. The number of aliphatic imine (C=N–C) groups is 1. The van der Waals surface area contributed by atoms with Crippen molar-refractivity contribution in [1.29, 1.82) is 0 Å². The third-order valence-electron chi connectivity index (χ3n) is 4.33. The molecule has 4 nitrogen and oxygen atoms in total. The second kappa shape index (κ2) is 10.8. The number of benzene rings is 1. The number of thiophene rings is 1. The first-order valence-electron chi connectivity index (χ1n) is 8.54. The van der Waals surface area contributed by atoms with Crippen molar-refractivity contribution in [2.75, 3.05) is 38.6 Å². The van der Waals surface area contributed by atoms with Crippen molar-refractivity contribution in [2.24, 2.45) is 10.7 Å². The van der Waals surface area contributed by atoms with E-state index in [1.807, 2.05) is 17.5 Å². The van der Waals surface area contributed by atoms with Crippen molar-refractivity contribution in [1.82, 2.24) is 4.90 Å². The molecular formula is C19H28Cl2N4S. The lowest BCUT2D eigenvalue weighted by Gasteiger charge is -2.32. The van der Waals surface area contributed by atoms with Crippen LogP contribution in [0.3, 0.4) is 0 Å². The second-order valence-electron chi connectivity index (χ2n) is 6.53. The number of rotatable bonds is 6. The molecule has 0 aliphatic carbocycles. The first kappa shape index (κ1) is 22.8. The smallest absolute Gasteiger partial charge is 0.141 e. The molecule has 1 aromatic heterocycles. The summed E-state index contributed by atoms with van der Waals surface area (Å²) in [6.45, 7) is 3.40. The van der Waals surface area contributed by atoms with Crippen molar-refractivity contribution < 1.29 is 0 Å². The summed E-state index contributed by atoms with van der Waals surface area (Å²) in [4.78, 5) is 10.4. The average molecular weight is 415 g/mol. The fourth-order valence-electron chi connectivity index (χ4n) is 3.16. The van der Waals surface area contributed by atoms with Gasteiger partial charge in [-0.15, -0.1) is 36.2 Å². The van der Waals surface area contributed by atoms with Crippen LogP contribution in [0.5, 0.6) is 0 Å². The van der Waals surface area contributed by atoms with Crippen molar-refractivity contribution in [3.8, 4) is 0 Å². The van der Waals surface area contributed by atoms with Crippen LogP contribution >= 0.6 is 36.2 Å². The van der Waals surface area contributed by atoms with E-state index in [0.29, 0.717) is 5.84 Å². The van der Waals surface area contributed by atoms with E-state index in [1.54, 1.807) is 11.3 Å². The third-order valence-corrected chi connectivity index (χ3v) is 5.23. The van der Waals surface area contributed by atoms with Crippen LogP contribution in [0.15, 0.2) is 40.7 Å². The summed E-state index contributed by atoms with van der Waals surface area (Å²) >= 11 is 1.62. The van der Waals surface area contributed by atoms with Crippen LogP contribution in [0, 0.1) is 0 Å². The molecule has 0 saturated carbocycles. The molecule has 0 amide bonds. The van der Waals surface area contributed by atoms with Gasteiger partial charge in [-0.2, -0.15) is 0 Å². The van der Waals surface area contributed by atoms with Crippen molar-refractivity contribution in [2.45, 2.75) is 19.3 Å². The molecule has 26 heavy (non-hydrogen) atoms. The fourth-order valence-corrected chi connectivity index (χ4v) is 3.79. The molecule has 2 aromatic rings. The molecule has 0 radical (unpaired) electrons. The van der Waals surface area contributed by atoms with E-state index < -0.39 is 0 Å². The Morgan fingerprint density at radius 1 is 1.27 bits per heavy atom. The van der Waals surface area contributed by atoms with Crippen molar-refractivity contribution in [3.05, 3.63) is 46.2 Å². The first-order valence-corrected chi connectivity index (χ1v) is 9.42. The third kappa shape index (κ3) is 5.88. The zero-order valence-electron chi connectivity index (χ0n) is 15.4. The van der Waals surface area contributed by atoms with Gasteiger partial charge in [0.15, 0.2) is 0 Å². The summed E-state index contributed by atoms with van der Waals surface area (Å²) in [5, 5.41) is 2.02. The highest BCUT2D eigenvalue weighted by molar-refractivity contribution is 7.12. The lowest BCUT2D eigenvalue weighted by molar-refractivity contribution is 0.399. The van der Waals surface area contributed by atoms with Crippen LogP contribution in [0.4, 0.5) is 11.4 Å². The summed E-state index contributed by atoms with van der Waals surface area (Å²) in [5.41, 5.74) is 9.83. The minimum Gasteiger partial charge on any atom is -0.383 e. The van der Waals surface area contributed by atoms with Gasteiger partial charge in [0.25, 0.3) is 0 Å². The summed E-state index contributed by atoms with van der Waals surface area (Å²) in [5.74, 6) is 0.601. The van der Waals surface area contributed by atoms with Gasteiger partial charge in [-0.25, -0.2) is 4.99 Å². The lowest BCUT2D eigenvalue weighted by Crippen LogP contribution is -2.31. The Kier molecular flexibility index (Phi) is 9.44. The molecule has 0 spiro atoms. The minimum atomic E-state index is 0. The highest BCUT2D eigenvalue weighted by atomic mass is 35.5. The van der Waals surface area contributed by atoms with E-state index in [1.165, 1.54) is 24.1 Å². The van der Waals surface area contributed by atoms with Gasteiger partial charge in [-0.05, 0) is 75.1 Å². The SMILES string of the molecule is CN(C)CCCN1CCCc2cc(N=C(N)c3cccs3)ccc21.Cl.Cl. The van der Waals surface area contributed by atoms with Gasteiger partial charge in [0.1, 0.15) is 5.84 Å². The van der Waals surface area contributed by atoms with E-state index in [4.69, 9.17) is 5.73 Å². The van der Waals surface area contributed by atoms with E-state index in [9.17, 15) is 0 Å². The Labute approximate surface area is 172 Å². The molecular weight excluding hydrogens is 387 g/mol. The Balaban J connectivity index is 0.00000169. The number of hydrogen-bond donors (Lipinski definition) is 1. The van der Waals surface area contributed by atoms with Crippen LogP contribution in [0.25, 0.3) is 0 Å². The number of nitrogens with two attached hydrogens (primary N) is 1. The van der Waals surface area contributed by atoms with Crippen molar-refractivity contribution >= 4 is 53.4 Å². The number of aryl methyl sites for hydroxylation is 1. The maximum Gasteiger partial charge on any atom is 0.141 e. The molecule has 0 bridgehead atoms. The van der Waals surface area contributed by atoms with Gasteiger partial charge in [0, 0.05) is 18.8 Å². The normalized spacial score (nSPS) is 13.8. The number of amidine groups is 1. The molecule has 1 aliphatic rings. The van der Waals surface area contributed by atoms with Crippen LogP contribution in [0.2, 0.25) is 0 Å². The quantitative estimate of drug-likeness (QED) is 0.564. The molecule has 0 fully saturated rings. The zero-order valence-corrected chi connectivity index (χ0v) is 17.8. The van der Waals surface area contributed by atoms with E-state index in [2.05, 4.69) is 47.1 Å². The average Bonchev–Trinajstić information content (AvgIpc) is 3.09. The summed E-state index contributed by atoms with van der Waals surface area (Å²) in [6, 6.07) is 10.5. The Bertz CT molecular complexity index is 702. The summed E-state index contributed by atoms with van der Waals surface area (Å²) < 4.78 is 0. The van der Waals surface area contributed by atoms with Gasteiger partial charge >= 0.3 is 0 Å². The van der Waals surface area contributed by atoms with Crippen LogP contribution in [-0.4, -0.2) is 44.5 Å². The van der Waals surface area contributed by atoms with E-state index in [-0.39, 0.29) is 24.8 Å². The molecule has 0 saturated heterocycles. The first-order chi connectivity index (χ1) is 11.6. The van der Waals surface area contributed by atoms with Gasteiger partial charge in [0.05, 0.1) is 10.6 Å². The lowest BCUT2D eigenvalue weighted by atomic mass is 10.0. The minimum absolute atomic E-state index is 0. The maximum atomic E-state index is 6.11. The molecule has 2 heterocycles. The monoisotopic (exact) mass is 414 g/mol. The fraction of sp³-hybridized carbons (Fsp3) is 0.421. The molecule has 144 valence electrons. The van der Waals surface area contributed by atoms with Crippen LogP contribution < -0.4 is 10.6 Å². The zero-order chi connectivity index (χ0) is 16.9. The molecule has 1 aliphatic heterocycles.